The number of nitrogen functional groups attached to an aromatic ring is 1. The Morgan fingerprint density at radius 1 is 1.53 bits per heavy atom. The summed E-state index contributed by atoms with van der Waals surface area (Å²) in [5, 5.41) is 11.6. The van der Waals surface area contributed by atoms with Crippen LogP contribution in [0.1, 0.15) is 31.9 Å². The summed E-state index contributed by atoms with van der Waals surface area (Å²) in [6, 6.07) is 0. The number of carboxylic acids is 1. The zero-order chi connectivity index (χ0) is 13.6. The van der Waals surface area contributed by atoms with Crippen molar-refractivity contribution in [2.75, 3.05) is 5.73 Å². The largest absolute Gasteiger partial charge is 0.478 e. The lowest BCUT2D eigenvalue weighted by Crippen LogP contribution is -2.19. The van der Waals surface area contributed by atoms with Gasteiger partial charge < -0.3 is 10.8 Å². The standard InChI is InChI=1S/C14H18N2O2S/c1-7-8-2-3-9(4-8)10(7)5-11(13(17)18)12-6-19-14(15)16-12/h5-10H,2-4H2,1H3,(H2,15,16)(H,17,18). The van der Waals surface area contributed by atoms with Crippen molar-refractivity contribution < 1.29 is 9.90 Å². The minimum absolute atomic E-state index is 0.317. The molecule has 2 aliphatic carbocycles. The van der Waals surface area contributed by atoms with Gasteiger partial charge in [-0.15, -0.1) is 11.3 Å². The van der Waals surface area contributed by atoms with Crippen molar-refractivity contribution in [3.63, 3.8) is 0 Å². The molecule has 2 aliphatic rings. The molecular formula is C14H18N2O2S. The van der Waals surface area contributed by atoms with E-state index in [0.29, 0.717) is 34.2 Å². The van der Waals surface area contributed by atoms with E-state index in [9.17, 15) is 9.90 Å². The van der Waals surface area contributed by atoms with Gasteiger partial charge in [0.25, 0.3) is 0 Å². The lowest BCUT2D eigenvalue weighted by molar-refractivity contribution is -0.130. The molecule has 1 heterocycles. The molecule has 19 heavy (non-hydrogen) atoms. The van der Waals surface area contributed by atoms with Gasteiger partial charge in [0, 0.05) is 5.38 Å². The van der Waals surface area contributed by atoms with Crippen LogP contribution in [-0.2, 0) is 4.79 Å². The number of allylic oxidation sites excluding steroid dienone is 1. The van der Waals surface area contributed by atoms with Crippen molar-refractivity contribution in [3.8, 4) is 0 Å². The summed E-state index contributed by atoms with van der Waals surface area (Å²) in [6.07, 6.45) is 5.74. The van der Waals surface area contributed by atoms with Gasteiger partial charge >= 0.3 is 5.97 Å². The number of rotatable bonds is 3. The van der Waals surface area contributed by atoms with E-state index in [1.807, 2.05) is 6.08 Å². The summed E-state index contributed by atoms with van der Waals surface area (Å²) in [7, 11) is 0. The van der Waals surface area contributed by atoms with Crippen LogP contribution >= 0.6 is 11.3 Å². The van der Waals surface area contributed by atoms with Crippen LogP contribution in [-0.4, -0.2) is 16.1 Å². The van der Waals surface area contributed by atoms with Crippen molar-refractivity contribution >= 4 is 28.0 Å². The molecule has 2 saturated carbocycles. The van der Waals surface area contributed by atoms with Gasteiger partial charge in [-0.05, 0) is 42.9 Å². The van der Waals surface area contributed by atoms with Gasteiger partial charge in [0.1, 0.15) is 0 Å². The average molecular weight is 278 g/mol. The maximum Gasteiger partial charge on any atom is 0.337 e. The lowest BCUT2D eigenvalue weighted by atomic mass is 9.79. The molecule has 0 aliphatic heterocycles. The SMILES string of the molecule is CC1C2CCC(C2)C1C=C(C(=O)O)c1csc(N)n1. The highest BCUT2D eigenvalue weighted by Crippen LogP contribution is 2.53. The number of thiazole rings is 1. The Hall–Kier alpha value is -1.36. The second-order valence-corrected chi connectivity index (χ2v) is 6.62. The van der Waals surface area contributed by atoms with E-state index in [1.54, 1.807) is 5.38 Å². The summed E-state index contributed by atoms with van der Waals surface area (Å²) in [5.41, 5.74) is 6.42. The minimum atomic E-state index is -0.903. The van der Waals surface area contributed by atoms with Crippen LogP contribution in [0, 0.1) is 23.7 Å². The van der Waals surface area contributed by atoms with E-state index in [-0.39, 0.29) is 0 Å². The molecule has 0 aromatic carbocycles. The zero-order valence-electron chi connectivity index (χ0n) is 10.9. The molecule has 5 heteroatoms. The number of fused-ring (bicyclic) bond motifs is 2. The normalized spacial score (nSPS) is 33.8. The van der Waals surface area contributed by atoms with Crippen LogP contribution < -0.4 is 5.73 Å². The number of hydrogen-bond acceptors (Lipinski definition) is 4. The molecule has 0 spiro atoms. The van der Waals surface area contributed by atoms with Crippen molar-refractivity contribution in [2.24, 2.45) is 23.7 Å². The fraction of sp³-hybridized carbons (Fsp3) is 0.571. The van der Waals surface area contributed by atoms with Crippen molar-refractivity contribution in [1.29, 1.82) is 0 Å². The van der Waals surface area contributed by atoms with E-state index in [2.05, 4.69) is 11.9 Å². The van der Waals surface area contributed by atoms with Gasteiger partial charge in [-0.3, -0.25) is 0 Å². The minimum Gasteiger partial charge on any atom is -0.478 e. The van der Waals surface area contributed by atoms with Gasteiger partial charge in [0.15, 0.2) is 5.13 Å². The molecular weight excluding hydrogens is 260 g/mol. The lowest BCUT2D eigenvalue weighted by Gasteiger charge is -2.26. The highest BCUT2D eigenvalue weighted by Gasteiger charge is 2.44. The molecule has 3 N–H and O–H groups in total. The molecule has 0 radical (unpaired) electrons. The fourth-order valence-electron chi connectivity index (χ4n) is 3.78. The first-order chi connectivity index (χ1) is 9.06. The molecule has 0 amide bonds. The summed E-state index contributed by atoms with van der Waals surface area (Å²) in [6.45, 7) is 2.25. The predicted octanol–water partition coefficient (Wildman–Crippen LogP) is 2.88. The van der Waals surface area contributed by atoms with Crippen molar-refractivity contribution in [2.45, 2.75) is 26.2 Å². The molecule has 0 saturated heterocycles. The summed E-state index contributed by atoms with van der Waals surface area (Å²) in [5.74, 6) is 1.50. The summed E-state index contributed by atoms with van der Waals surface area (Å²) in [4.78, 5) is 15.6. The number of aromatic nitrogens is 1. The first kappa shape index (κ1) is 12.7. The first-order valence-corrected chi connectivity index (χ1v) is 7.60. The molecule has 4 unspecified atom stereocenters. The van der Waals surface area contributed by atoms with E-state index >= 15 is 0 Å². The van der Waals surface area contributed by atoms with Crippen molar-refractivity contribution in [1.82, 2.24) is 4.98 Å². The van der Waals surface area contributed by atoms with Gasteiger partial charge in [0.2, 0.25) is 0 Å². The van der Waals surface area contributed by atoms with Crippen LogP contribution in [0.15, 0.2) is 11.5 Å². The number of anilines is 1. The van der Waals surface area contributed by atoms with Gasteiger partial charge in [-0.1, -0.05) is 13.0 Å². The predicted molar refractivity (Wildman–Crippen MR) is 75.6 cm³/mol. The summed E-state index contributed by atoms with van der Waals surface area (Å²) >= 11 is 1.29. The Kier molecular flexibility index (Phi) is 3.09. The molecule has 102 valence electrons. The van der Waals surface area contributed by atoms with E-state index in [0.717, 1.165) is 5.92 Å². The Morgan fingerprint density at radius 2 is 2.26 bits per heavy atom. The number of carboxylic acid groups (broad SMARTS) is 1. The summed E-state index contributed by atoms with van der Waals surface area (Å²) < 4.78 is 0. The van der Waals surface area contributed by atoms with E-state index in [1.165, 1.54) is 30.6 Å². The van der Waals surface area contributed by atoms with Gasteiger partial charge in [0.05, 0.1) is 11.3 Å². The number of hydrogen-bond donors (Lipinski definition) is 2. The molecule has 1 aromatic heterocycles. The van der Waals surface area contributed by atoms with Gasteiger partial charge in [-0.2, -0.15) is 0 Å². The molecule has 2 bridgehead atoms. The molecule has 1 aromatic rings. The molecule has 2 fully saturated rings. The Balaban J connectivity index is 1.92. The third-order valence-corrected chi connectivity index (χ3v) is 5.47. The van der Waals surface area contributed by atoms with Crippen LogP contribution in [0.3, 0.4) is 0 Å². The topological polar surface area (TPSA) is 76.2 Å². The monoisotopic (exact) mass is 278 g/mol. The van der Waals surface area contributed by atoms with Crippen LogP contribution in [0.25, 0.3) is 5.57 Å². The smallest absolute Gasteiger partial charge is 0.337 e. The first-order valence-electron chi connectivity index (χ1n) is 6.72. The van der Waals surface area contributed by atoms with E-state index in [4.69, 9.17) is 5.73 Å². The fourth-order valence-corrected chi connectivity index (χ4v) is 4.34. The number of nitrogens with two attached hydrogens (primary N) is 1. The number of carbonyl (C=O) groups is 1. The average Bonchev–Trinajstić information content (AvgIpc) is 3.03. The van der Waals surface area contributed by atoms with E-state index < -0.39 is 5.97 Å². The second kappa shape index (κ2) is 4.63. The number of nitrogens with zero attached hydrogens (tertiary/aromatic N) is 1. The Labute approximate surface area is 116 Å². The van der Waals surface area contributed by atoms with Crippen molar-refractivity contribution in [3.05, 3.63) is 17.2 Å². The highest BCUT2D eigenvalue weighted by atomic mass is 32.1. The Morgan fingerprint density at radius 3 is 2.79 bits per heavy atom. The van der Waals surface area contributed by atoms with Crippen LogP contribution in [0.5, 0.6) is 0 Å². The molecule has 4 atom stereocenters. The van der Waals surface area contributed by atoms with Crippen LogP contribution in [0.2, 0.25) is 0 Å². The maximum atomic E-state index is 11.5. The second-order valence-electron chi connectivity index (χ2n) is 5.73. The quantitative estimate of drug-likeness (QED) is 0.834. The third kappa shape index (κ3) is 2.16. The number of aliphatic carboxylic acids is 1. The highest BCUT2D eigenvalue weighted by molar-refractivity contribution is 7.13. The molecule has 4 nitrogen and oxygen atoms in total. The maximum absolute atomic E-state index is 11.5. The zero-order valence-corrected chi connectivity index (χ0v) is 11.7. The van der Waals surface area contributed by atoms with Gasteiger partial charge in [-0.25, -0.2) is 9.78 Å². The molecule has 3 rings (SSSR count). The van der Waals surface area contributed by atoms with Crippen LogP contribution in [0.4, 0.5) is 5.13 Å². The third-order valence-electron chi connectivity index (χ3n) is 4.80. The Bertz CT molecular complexity index is 535.